The van der Waals surface area contributed by atoms with Gasteiger partial charge in [-0.2, -0.15) is 0 Å². The van der Waals surface area contributed by atoms with Crippen molar-refractivity contribution in [3.05, 3.63) is 35.4 Å². The van der Waals surface area contributed by atoms with Crippen LogP contribution in [0.1, 0.15) is 34.7 Å². The molecule has 1 fully saturated rings. The highest BCUT2D eigenvalue weighted by Crippen LogP contribution is 2.26. The molecule has 1 aliphatic rings. The lowest BCUT2D eigenvalue weighted by atomic mass is 9.90. The molecule has 0 spiro atoms. The molecule has 86 valence electrons. The van der Waals surface area contributed by atoms with Crippen molar-refractivity contribution in [1.82, 2.24) is 4.90 Å². The van der Waals surface area contributed by atoms with Crippen molar-refractivity contribution < 1.29 is 9.90 Å². The van der Waals surface area contributed by atoms with Crippen molar-refractivity contribution in [3.63, 3.8) is 0 Å². The first-order valence-corrected chi connectivity index (χ1v) is 5.68. The molecule has 0 bridgehead atoms. The summed E-state index contributed by atoms with van der Waals surface area (Å²) in [5.74, 6) is -0.357. The molecule has 1 aromatic carbocycles. The van der Waals surface area contributed by atoms with Crippen LogP contribution in [-0.2, 0) is 0 Å². The summed E-state index contributed by atoms with van der Waals surface area (Å²) in [5.41, 5.74) is 1.55. The van der Waals surface area contributed by atoms with Crippen LogP contribution in [0, 0.1) is 0 Å². The summed E-state index contributed by atoms with van der Waals surface area (Å²) in [4.78, 5) is 13.2. The summed E-state index contributed by atoms with van der Waals surface area (Å²) in [6.45, 7) is 2.18. The monoisotopic (exact) mass is 219 g/mol. The van der Waals surface area contributed by atoms with Crippen LogP contribution in [0.2, 0.25) is 0 Å². The van der Waals surface area contributed by atoms with E-state index < -0.39 is 5.97 Å². The Bertz CT molecular complexity index is 389. The number of piperidine rings is 1. The number of carboxylic acid groups (broad SMARTS) is 1. The molecule has 1 aliphatic heterocycles. The van der Waals surface area contributed by atoms with Crippen LogP contribution >= 0.6 is 0 Å². The molecule has 3 heteroatoms. The van der Waals surface area contributed by atoms with E-state index in [1.54, 1.807) is 6.07 Å². The summed E-state index contributed by atoms with van der Waals surface area (Å²) in [7, 11) is 2.12. The van der Waals surface area contributed by atoms with Gasteiger partial charge in [0, 0.05) is 6.54 Å². The van der Waals surface area contributed by atoms with E-state index in [0.717, 1.165) is 25.1 Å². The number of hydrogen-bond donors (Lipinski definition) is 1. The Morgan fingerprint density at radius 1 is 1.50 bits per heavy atom. The van der Waals surface area contributed by atoms with Gasteiger partial charge in [-0.3, -0.25) is 0 Å². The number of aromatic carboxylic acids is 1. The van der Waals surface area contributed by atoms with Crippen molar-refractivity contribution in [1.29, 1.82) is 0 Å². The number of likely N-dealkylation sites (N-methyl/N-ethyl adjacent to an activating group) is 1. The van der Waals surface area contributed by atoms with Gasteiger partial charge in [0.05, 0.1) is 5.56 Å². The fraction of sp³-hybridized carbons (Fsp3) is 0.462. The van der Waals surface area contributed by atoms with Gasteiger partial charge in [-0.25, -0.2) is 4.79 Å². The second-order valence-corrected chi connectivity index (χ2v) is 4.53. The van der Waals surface area contributed by atoms with E-state index >= 15 is 0 Å². The summed E-state index contributed by atoms with van der Waals surface area (Å²) in [5, 5.41) is 8.95. The second-order valence-electron chi connectivity index (χ2n) is 4.53. The molecule has 0 amide bonds. The molecule has 1 heterocycles. The van der Waals surface area contributed by atoms with Gasteiger partial charge in [-0.15, -0.1) is 0 Å². The molecule has 3 nitrogen and oxygen atoms in total. The van der Waals surface area contributed by atoms with Crippen LogP contribution in [0.5, 0.6) is 0 Å². The molecule has 16 heavy (non-hydrogen) atoms. The third-order valence-electron chi connectivity index (χ3n) is 3.23. The van der Waals surface area contributed by atoms with Crippen molar-refractivity contribution in [2.24, 2.45) is 0 Å². The van der Waals surface area contributed by atoms with Gasteiger partial charge in [-0.05, 0) is 50.0 Å². The lowest BCUT2D eigenvalue weighted by Gasteiger charge is -2.30. The third-order valence-corrected chi connectivity index (χ3v) is 3.23. The largest absolute Gasteiger partial charge is 0.478 e. The Hall–Kier alpha value is -1.35. The highest BCUT2D eigenvalue weighted by atomic mass is 16.4. The summed E-state index contributed by atoms with van der Waals surface area (Å²) < 4.78 is 0. The number of carboxylic acids is 1. The first-order chi connectivity index (χ1) is 7.66. The summed E-state index contributed by atoms with van der Waals surface area (Å²) in [6, 6.07) is 7.34. The zero-order valence-corrected chi connectivity index (χ0v) is 9.52. The average molecular weight is 219 g/mol. The summed E-state index contributed by atoms with van der Waals surface area (Å²) in [6.07, 6.45) is 2.35. The molecule has 1 aromatic rings. The van der Waals surface area contributed by atoms with Gasteiger partial charge in [0.25, 0.3) is 0 Å². The maximum absolute atomic E-state index is 10.9. The molecule has 0 aliphatic carbocycles. The van der Waals surface area contributed by atoms with Gasteiger partial charge in [-0.1, -0.05) is 12.1 Å². The highest BCUT2D eigenvalue weighted by Gasteiger charge is 2.19. The van der Waals surface area contributed by atoms with Crippen LogP contribution in [0.3, 0.4) is 0 Å². The molecule has 1 atom stereocenters. The number of benzene rings is 1. The fourth-order valence-electron chi connectivity index (χ4n) is 2.36. The Labute approximate surface area is 95.7 Å². The average Bonchev–Trinajstić information content (AvgIpc) is 2.29. The molecule has 0 saturated carbocycles. The SMILES string of the molecule is CN1CCC[C@@H](c2cccc(C(=O)O)c2)C1. The van der Waals surface area contributed by atoms with Gasteiger partial charge in [0.1, 0.15) is 0 Å². The van der Waals surface area contributed by atoms with Crippen LogP contribution in [0.25, 0.3) is 0 Å². The summed E-state index contributed by atoms with van der Waals surface area (Å²) >= 11 is 0. The number of nitrogens with zero attached hydrogens (tertiary/aromatic N) is 1. The van der Waals surface area contributed by atoms with Crippen LogP contribution < -0.4 is 0 Å². The molecule has 2 rings (SSSR count). The molecular formula is C13H17NO2. The van der Waals surface area contributed by atoms with Crippen molar-refractivity contribution in [2.75, 3.05) is 20.1 Å². The van der Waals surface area contributed by atoms with Gasteiger partial charge < -0.3 is 10.0 Å². The van der Waals surface area contributed by atoms with Crippen LogP contribution in [0.15, 0.2) is 24.3 Å². The Kier molecular flexibility index (Phi) is 3.25. The molecule has 1 N–H and O–H groups in total. The van der Waals surface area contributed by atoms with Gasteiger partial charge in [0.2, 0.25) is 0 Å². The topological polar surface area (TPSA) is 40.5 Å². The van der Waals surface area contributed by atoms with Crippen LogP contribution in [0.4, 0.5) is 0 Å². The molecule has 0 unspecified atom stereocenters. The molecular weight excluding hydrogens is 202 g/mol. The predicted octanol–water partition coefficient (Wildman–Crippen LogP) is 2.19. The maximum atomic E-state index is 10.9. The smallest absolute Gasteiger partial charge is 0.335 e. The third kappa shape index (κ3) is 2.42. The lowest BCUT2D eigenvalue weighted by molar-refractivity contribution is 0.0696. The van der Waals surface area contributed by atoms with E-state index in [2.05, 4.69) is 11.9 Å². The Morgan fingerprint density at radius 2 is 2.31 bits per heavy atom. The first kappa shape index (κ1) is 11.1. The van der Waals surface area contributed by atoms with E-state index in [0.29, 0.717) is 11.5 Å². The minimum absolute atomic E-state index is 0.394. The minimum atomic E-state index is -0.842. The zero-order chi connectivity index (χ0) is 11.5. The standard InChI is InChI=1S/C13H17NO2/c1-14-7-3-6-12(9-14)10-4-2-5-11(8-10)13(15)16/h2,4-5,8,12H,3,6-7,9H2,1H3,(H,15,16)/t12-/m1/s1. The number of likely N-dealkylation sites (tertiary alicyclic amines) is 1. The highest BCUT2D eigenvalue weighted by molar-refractivity contribution is 5.87. The Balaban J connectivity index is 2.19. The number of rotatable bonds is 2. The van der Waals surface area contributed by atoms with Crippen molar-refractivity contribution in [2.45, 2.75) is 18.8 Å². The zero-order valence-electron chi connectivity index (χ0n) is 9.52. The van der Waals surface area contributed by atoms with Gasteiger partial charge >= 0.3 is 5.97 Å². The quantitative estimate of drug-likeness (QED) is 0.829. The van der Waals surface area contributed by atoms with Crippen molar-refractivity contribution >= 4 is 5.97 Å². The normalized spacial score (nSPS) is 21.9. The molecule has 1 saturated heterocycles. The van der Waals surface area contributed by atoms with Crippen LogP contribution in [-0.4, -0.2) is 36.1 Å². The fourth-order valence-corrected chi connectivity index (χ4v) is 2.36. The van der Waals surface area contributed by atoms with E-state index in [-0.39, 0.29) is 0 Å². The maximum Gasteiger partial charge on any atom is 0.335 e. The van der Waals surface area contributed by atoms with E-state index in [9.17, 15) is 4.79 Å². The Morgan fingerprint density at radius 3 is 3.00 bits per heavy atom. The molecule has 0 aromatic heterocycles. The number of hydrogen-bond acceptors (Lipinski definition) is 2. The van der Waals surface area contributed by atoms with Gasteiger partial charge in [0.15, 0.2) is 0 Å². The first-order valence-electron chi connectivity index (χ1n) is 5.68. The number of carbonyl (C=O) groups is 1. The van der Waals surface area contributed by atoms with Crippen molar-refractivity contribution in [3.8, 4) is 0 Å². The minimum Gasteiger partial charge on any atom is -0.478 e. The van der Waals surface area contributed by atoms with E-state index in [4.69, 9.17) is 5.11 Å². The second kappa shape index (κ2) is 4.66. The lowest BCUT2D eigenvalue weighted by Crippen LogP contribution is -2.30. The predicted molar refractivity (Wildman–Crippen MR) is 62.9 cm³/mol. The van der Waals surface area contributed by atoms with E-state index in [1.165, 1.54) is 6.42 Å². The molecule has 0 radical (unpaired) electrons. The van der Waals surface area contributed by atoms with E-state index in [1.807, 2.05) is 18.2 Å².